The molecule has 1 saturated carbocycles. The van der Waals surface area contributed by atoms with E-state index in [1.807, 2.05) is 18.6 Å². The summed E-state index contributed by atoms with van der Waals surface area (Å²) in [7, 11) is 0. The van der Waals surface area contributed by atoms with E-state index >= 15 is 0 Å². The first-order chi connectivity index (χ1) is 16.7. The second kappa shape index (κ2) is 8.83. The second-order valence-corrected chi connectivity index (χ2v) is 9.57. The van der Waals surface area contributed by atoms with E-state index in [0.717, 1.165) is 55.2 Å². The molecule has 0 radical (unpaired) electrons. The number of nitrogens with one attached hydrogen (secondary N) is 1. The number of nitrogens with zero attached hydrogens (tertiary/aromatic N) is 7. The number of aryl methyl sites for hydroxylation is 1. The van der Waals surface area contributed by atoms with E-state index in [4.69, 9.17) is 9.97 Å². The summed E-state index contributed by atoms with van der Waals surface area (Å²) in [6, 6.07) is 6.20. The number of rotatable bonds is 5. The average Bonchev–Trinajstić information content (AvgIpc) is 3.54. The van der Waals surface area contributed by atoms with E-state index in [2.05, 4.69) is 61.5 Å². The lowest BCUT2D eigenvalue weighted by molar-refractivity contribution is 0.271. The zero-order chi connectivity index (χ0) is 23.1. The maximum absolute atomic E-state index is 4.91. The number of hydrogen-bond donors (Lipinski definition) is 1. The zero-order valence-electron chi connectivity index (χ0n) is 20.0. The zero-order valence-corrected chi connectivity index (χ0v) is 20.0. The number of pyridine rings is 2. The maximum Gasteiger partial charge on any atom is 0.230 e. The monoisotopic (exact) mass is 456 g/mol. The number of hydrogen-bond acceptors (Lipinski definition) is 7. The highest BCUT2D eigenvalue weighted by Crippen LogP contribution is 2.35. The van der Waals surface area contributed by atoms with Crippen molar-refractivity contribution in [3.63, 3.8) is 0 Å². The summed E-state index contributed by atoms with van der Waals surface area (Å²) in [5, 5.41) is 4.35. The van der Waals surface area contributed by atoms with Crippen LogP contribution < -0.4 is 10.2 Å². The maximum atomic E-state index is 4.91. The van der Waals surface area contributed by atoms with Crippen LogP contribution in [0.2, 0.25) is 0 Å². The van der Waals surface area contributed by atoms with Gasteiger partial charge in [-0.1, -0.05) is 19.8 Å². The van der Waals surface area contributed by atoms with Gasteiger partial charge in [-0.05, 0) is 50.1 Å². The molecule has 1 saturated heterocycles. The summed E-state index contributed by atoms with van der Waals surface area (Å²) in [5.74, 6) is 1.88. The SMILES string of the molecule is CCN1CCN(c2cnc(Nc3ncc4ccc5ncc(C6CCCC6)n5c4n3)cc2C)CC1. The summed E-state index contributed by atoms with van der Waals surface area (Å²) in [6.45, 7) is 9.79. The molecule has 5 heterocycles. The van der Waals surface area contributed by atoms with Crippen molar-refractivity contribution in [1.82, 2.24) is 29.2 Å². The summed E-state index contributed by atoms with van der Waals surface area (Å²) in [5.41, 5.74) is 5.53. The molecule has 0 bridgehead atoms. The Balaban J connectivity index is 1.28. The molecule has 8 nitrogen and oxygen atoms in total. The van der Waals surface area contributed by atoms with Crippen molar-refractivity contribution < 1.29 is 0 Å². The van der Waals surface area contributed by atoms with E-state index in [0.29, 0.717) is 11.9 Å². The summed E-state index contributed by atoms with van der Waals surface area (Å²) >= 11 is 0. The van der Waals surface area contributed by atoms with Crippen molar-refractivity contribution in [2.24, 2.45) is 0 Å². The van der Waals surface area contributed by atoms with Crippen LogP contribution in [0, 0.1) is 6.92 Å². The van der Waals surface area contributed by atoms with Gasteiger partial charge in [0.2, 0.25) is 5.95 Å². The second-order valence-electron chi connectivity index (χ2n) is 9.57. The van der Waals surface area contributed by atoms with Crippen LogP contribution in [0.1, 0.15) is 49.8 Å². The Bertz CT molecular complexity index is 1320. The Morgan fingerprint density at radius 2 is 1.79 bits per heavy atom. The lowest BCUT2D eigenvalue weighted by atomic mass is 10.1. The Morgan fingerprint density at radius 3 is 2.56 bits per heavy atom. The minimum atomic E-state index is 0.558. The molecule has 4 aromatic heterocycles. The fourth-order valence-corrected chi connectivity index (χ4v) is 5.51. The number of piperazine rings is 1. The molecule has 176 valence electrons. The molecule has 1 aliphatic carbocycles. The molecule has 0 spiro atoms. The van der Waals surface area contributed by atoms with Gasteiger partial charge in [-0.25, -0.2) is 15.0 Å². The van der Waals surface area contributed by atoms with Gasteiger partial charge in [0.25, 0.3) is 0 Å². The summed E-state index contributed by atoms with van der Waals surface area (Å²) in [6.07, 6.45) is 10.9. The van der Waals surface area contributed by atoms with Gasteiger partial charge < -0.3 is 15.1 Å². The highest BCUT2D eigenvalue weighted by Gasteiger charge is 2.22. The molecule has 1 aliphatic heterocycles. The highest BCUT2D eigenvalue weighted by molar-refractivity contribution is 5.79. The first kappa shape index (κ1) is 21.3. The van der Waals surface area contributed by atoms with Crippen molar-refractivity contribution in [2.45, 2.75) is 45.4 Å². The van der Waals surface area contributed by atoms with Crippen molar-refractivity contribution in [2.75, 3.05) is 42.9 Å². The third kappa shape index (κ3) is 3.86. The van der Waals surface area contributed by atoms with Gasteiger partial charge in [0, 0.05) is 55.6 Å². The minimum absolute atomic E-state index is 0.558. The minimum Gasteiger partial charge on any atom is -0.368 e. The molecule has 0 atom stereocenters. The van der Waals surface area contributed by atoms with E-state index in [-0.39, 0.29) is 0 Å². The average molecular weight is 457 g/mol. The highest BCUT2D eigenvalue weighted by atomic mass is 15.3. The molecule has 0 unspecified atom stereocenters. The van der Waals surface area contributed by atoms with E-state index in [1.54, 1.807) is 0 Å². The van der Waals surface area contributed by atoms with Crippen LogP contribution in [0.3, 0.4) is 0 Å². The molecule has 8 heteroatoms. The van der Waals surface area contributed by atoms with Crippen LogP contribution in [0.15, 0.2) is 36.8 Å². The number of imidazole rings is 1. The summed E-state index contributed by atoms with van der Waals surface area (Å²) in [4.78, 5) is 23.8. The lowest BCUT2D eigenvalue weighted by Gasteiger charge is -2.36. The van der Waals surface area contributed by atoms with Crippen LogP contribution in [0.25, 0.3) is 16.7 Å². The Morgan fingerprint density at radius 1 is 0.971 bits per heavy atom. The van der Waals surface area contributed by atoms with Gasteiger partial charge in [0.1, 0.15) is 11.5 Å². The molecule has 0 amide bonds. The third-order valence-corrected chi connectivity index (χ3v) is 7.49. The standard InChI is InChI=1S/C26H32N8/c1-3-32-10-12-33(13-11-32)21-16-27-23(14-18(21)2)30-26-29-15-20-8-9-24-28-17-22(19-6-4-5-7-19)34(24)25(20)31-26/h8-9,14-17,19H,3-7,10-13H2,1-2H3,(H,27,29,30,31). The van der Waals surface area contributed by atoms with Gasteiger partial charge in [-0.3, -0.25) is 4.40 Å². The molecule has 2 aliphatic rings. The van der Waals surface area contributed by atoms with Crippen molar-refractivity contribution >= 4 is 34.1 Å². The Labute approximate surface area is 200 Å². The number of fused-ring (bicyclic) bond motifs is 3. The smallest absolute Gasteiger partial charge is 0.230 e. The van der Waals surface area contributed by atoms with Crippen molar-refractivity contribution in [3.05, 3.63) is 48.0 Å². The van der Waals surface area contributed by atoms with E-state index < -0.39 is 0 Å². The van der Waals surface area contributed by atoms with Crippen LogP contribution in [-0.4, -0.2) is 62.0 Å². The molecule has 1 N–H and O–H groups in total. The predicted molar refractivity (Wildman–Crippen MR) is 136 cm³/mol. The topological polar surface area (TPSA) is 74.5 Å². The van der Waals surface area contributed by atoms with Gasteiger partial charge >= 0.3 is 0 Å². The molecular weight excluding hydrogens is 424 g/mol. The quantitative estimate of drug-likeness (QED) is 0.473. The third-order valence-electron chi connectivity index (χ3n) is 7.49. The normalized spacial score (nSPS) is 17.8. The van der Waals surface area contributed by atoms with Gasteiger partial charge in [-0.2, -0.15) is 4.98 Å². The predicted octanol–water partition coefficient (Wildman–Crippen LogP) is 4.52. The Kier molecular flexibility index (Phi) is 5.53. The lowest BCUT2D eigenvalue weighted by Crippen LogP contribution is -2.46. The number of likely N-dealkylation sites (N-methyl/N-ethyl adjacent to an activating group) is 1. The van der Waals surface area contributed by atoms with Gasteiger partial charge in [0.05, 0.1) is 11.9 Å². The van der Waals surface area contributed by atoms with E-state index in [9.17, 15) is 0 Å². The van der Waals surface area contributed by atoms with Crippen molar-refractivity contribution in [1.29, 1.82) is 0 Å². The molecule has 4 aromatic rings. The fraction of sp³-hybridized carbons (Fsp3) is 0.462. The molecule has 0 aromatic carbocycles. The number of aromatic nitrogens is 5. The van der Waals surface area contributed by atoms with Crippen LogP contribution in [0.5, 0.6) is 0 Å². The van der Waals surface area contributed by atoms with Gasteiger partial charge in [-0.15, -0.1) is 0 Å². The van der Waals surface area contributed by atoms with Crippen molar-refractivity contribution in [3.8, 4) is 0 Å². The van der Waals surface area contributed by atoms with Gasteiger partial charge in [0.15, 0.2) is 5.65 Å². The van der Waals surface area contributed by atoms with Crippen LogP contribution >= 0.6 is 0 Å². The molecule has 2 fully saturated rings. The Hall–Kier alpha value is -3.26. The largest absolute Gasteiger partial charge is 0.368 e. The fourth-order valence-electron chi connectivity index (χ4n) is 5.51. The van der Waals surface area contributed by atoms with Crippen LogP contribution in [0.4, 0.5) is 17.5 Å². The first-order valence-electron chi connectivity index (χ1n) is 12.5. The van der Waals surface area contributed by atoms with E-state index in [1.165, 1.54) is 42.6 Å². The summed E-state index contributed by atoms with van der Waals surface area (Å²) < 4.78 is 2.22. The molecule has 34 heavy (non-hydrogen) atoms. The number of anilines is 3. The first-order valence-corrected chi connectivity index (χ1v) is 12.5. The molecule has 6 rings (SSSR count). The molecular formula is C26H32N8. The van der Waals surface area contributed by atoms with Crippen LogP contribution in [-0.2, 0) is 0 Å².